The van der Waals surface area contributed by atoms with E-state index in [0.29, 0.717) is 30.2 Å². The minimum Gasteiger partial charge on any atom is -0.490 e. The van der Waals surface area contributed by atoms with E-state index in [1.807, 2.05) is 25.1 Å². The summed E-state index contributed by atoms with van der Waals surface area (Å²) in [6.07, 6.45) is 1.03. The molecule has 0 aliphatic heterocycles. The normalized spacial score (nSPS) is 10.5. The zero-order valence-electron chi connectivity index (χ0n) is 16.4. The highest BCUT2D eigenvalue weighted by Crippen LogP contribution is 2.30. The van der Waals surface area contributed by atoms with Gasteiger partial charge in [-0.3, -0.25) is 0 Å². The number of benzene rings is 3. The highest BCUT2D eigenvalue weighted by molar-refractivity contribution is 5.47. The molecule has 3 aromatic rings. The fraction of sp³-hybridized carbons (Fsp3) is 0.250. The molecule has 0 heterocycles. The number of ether oxygens (including phenoxy) is 2. The van der Waals surface area contributed by atoms with Gasteiger partial charge in [0.25, 0.3) is 0 Å². The third kappa shape index (κ3) is 5.26. The minimum atomic E-state index is -0.268. The predicted octanol–water partition coefficient (Wildman–Crippen LogP) is 5.98. The maximum Gasteiger partial charge on any atom is 0.161 e. The molecule has 0 amide bonds. The standard InChI is InChI=1S/C24H26FNO2/c1-3-18-9-12-21(13-10-18)26-16-19-11-14-23(24(15-19)27-4-2)28-17-20-7-5-6-8-22(20)25/h5-15,26H,3-4,16-17H2,1-2H3. The Bertz CT molecular complexity index is 893. The molecule has 3 aromatic carbocycles. The highest BCUT2D eigenvalue weighted by Gasteiger charge is 2.09. The Labute approximate surface area is 166 Å². The summed E-state index contributed by atoms with van der Waals surface area (Å²) in [4.78, 5) is 0. The van der Waals surface area contributed by atoms with Gasteiger partial charge < -0.3 is 14.8 Å². The van der Waals surface area contributed by atoms with Crippen LogP contribution in [0.5, 0.6) is 11.5 Å². The van der Waals surface area contributed by atoms with Crippen LogP contribution in [0, 0.1) is 5.82 Å². The van der Waals surface area contributed by atoms with Crippen molar-refractivity contribution in [2.24, 2.45) is 0 Å². The molecule has 0 radical (unpaired) electrons. The van der Waals surface area contributed by atoms with E-state index < -0.39 is 0 Å². The second-order valence-corrected chi connectivity index (χ2v) is 6.50. The Hall–Kier alpha value is -3.01. The lowest BCUT2D eigenvalue weighted by Gasteiger charge is -2.14. The van der Waals surface area contributed by atoms with Crippen molar-refractivity contribution in [1.29, 1.82) is 0 Å². The zero-order chi connectivity index (χ0) is 19.8. The number of halogens is 1. The van der Waals surface area contributed by atoms with Gasteiger partial charge in [-0.1, -0.05) is 43.3 Å². The van der Waals surface area contributed by atoms with Crippen molar-refractivity contribution in [3.05, 3.63) is 89.2 Å². The Kier molecular flexibility index (Phi) is 6.90. The second kappa shape index (κ2) is 9.79. The van der Waals surface area contributed by atoms with E-state index in [1.165, 1.54) is 11.6 Å². The maximum atomic E-state index is 13.8. The number of aryl methyl sites for hydroxylation is 1. The van der Waals surface area contributed by atoms with Crippen molar-refractivity contribution in [1.82, 2.24) is 0 Å². The largest absolute Gasteiger partial charge is 0.490 e. The van der Waals surface area contributed by atoms with Gasteiger partial charge in [-0.15, -0.1) is 0 Å². The van der Waals surface area contributed by atoms with Gasteiger partial charge in [-0.05, 0) is 54.8 Å². The number of rotatable bonds is 9. The first kappa shape index (κ1) is 19.7. The Morgan fingerprint density at radius 2 is 1.57 bits per heavy atom. The molecule has 1 N–H and O–H groups in total. The Morgan fingerprint density at radius 3 is 2.29 bits per heavy atom. The van der Waals surface area contributed by atoms with E-state index in [-0.39, 0.29) is 12.4 Å². The van der Waals surface area contributed by atoms with E-state index in [0.717, 1.165) is 17.7 Å². The molecule has 3 rings (SSSR count). The molecule has 0 atom stereocenters. The van der Waals surface area contributed by atoms with Gasteiger partial charge >= 0.3 is 0 Å². The molecular weight excluding hydrogens is 353 g/mol. The number of hydrogen-bond acceptors (Lipinski definition) is 3. The molecule has 28 heavy (non-hydrogen) atoms. The molecule has 146 valence electrons. The van der Waals surface area contributed by atoms with Crippen molar-refractivity contribution in [2.45, 2.75) is 33.4 Å². The SMILES string of the molecule is CCOc1cc(CNc2ccc(CC)cc2)ccc1OCc1ccccc1F. The van der Waals surface area contributed by atoms with Gasteiger partial charge in [-0.2, -0.15) is 0 Å². The van der Waals surface area contributed by atoms with E-state index in [1.54, 1.807) is 18.2 Å². The van der Waals surface area contributed by atoms with Gasteiger partial charge in [0.1, 0.15) is 12.4 Å². The summed E-state index contributed by atoms with van der Waals surface area (Å²) < 4.78 is 25.3. The first-order chi connectivity index (χ1) is 13.7. The van der Waals surface area contributed by atoms with Crippen LogP contribution in [-0.2, 0) is 19.6 Å². The van der Waals surface area contributed by atoms with Crippen molar-refractivity contribution >= 4 is 5.69 Å². The van der Waals surface area contributed by atoms with Crippen LogP contribution in [0.15, 0.2) is 66.7 Å². The molecule has 0 saturated heterocycles. The van der Waals surface area contributed by atoms with Crippen molar-refractivity contribution < 1.29 is 13.9 Å². The first-order valence-electron chi connectivity index (χ1n) is 9.64. The van der Waals surface area contributed by atoms with Crippen molar-refractivity contribution in [2.75, 3.05) is 11.9 Å². The van der Waals surface area contributed by atoms with E-state index >= 15 is 0 Å². The van der Waals surface area contributed by atoms with E-state index in [4.69, 9.17) is 9.47 Å². The topological polar surface area (TPSA) is 30.5 Å². The molecule has 0 spiro atoms. The molecule has 0 fully saturated rings. The van der Waals surface area contributed by atoms with E-state index in [9.17, 15) is 4.39 Å². The van der Waals surface area contributed by atoms with Gasteiger partial charge in [0.15, 0.2) is 11.5 Å². The quantitative estimate of drug-likeness (QED) is 0.496. The molecule has 0 aliphatic rings. The van der Waals surface area contributed by atoms with Gasteiger partial charge in [0.05, 0.1) is 6.61 Å². The molecule has 0 saturated carbocycles. The smallest absolute Gasteiger partial charge is 0.161 e. The fourth-order valence-electron chi connectivity index (χ4n) is 2.88. The number of anilines is 1. The van der Waals surface area contributed by atoms with Gasteiger partial charge in [0.2, 0.25) is 0 Å². The third-order valence-corrected chi connectivity index (χ3v) is 4.51. The third-order valence-electron chi connectivity index (χ3n) is 4.51. The fourth-order valence-corrected chi connectivity index (χ4v) is 2.88. The summed E-state index contributed by atoms with van der Waals surface area (Å²) in [5.74, 6) is 1.01. The molecule has 0 aromatic heterocycles. The van der Waals surface area contributed by atoms with Crippen LogP contribution in [0.25, 0.3) is 0 Å². The van der Waals surface area contributed by atoms with Crippen LogP contribution < -0.4 is 14.8 Å². The average Bonchev–Trinajstić information content (AvgIpc) is 2.73. The summed E-state index contributed by atoms with van der Waals surface area (Å²) in [5, 5.41) is 3.42. The lowest BCUT2D eigenvalue weighted by molar-refractivity contribution is 0.265. The summed E-state index contributed by atoms with van der Waals surface area (Å²) in [6.45, 7) is 5.45. The number of hydrogen-bond donors (Lipinski definition) is 1. The highest BCUT2D eigenvalue weighted by atomic mass is 19.1. The van der Waals surface area contributed by atoms with Gasteiger partial charge in [-0.25, -0.2) is 4.39 Å². The molecule has 4 heteroatoms. The molecular formula is C24H26FNO2. The zero-order valence-corrected chi connectivity index (χ0v) is 16.4. The van der Waals surface area contributed by atoms with Crippen LogP contribution >= 0.6 is 0 Å². The molecule has 0 bridgehead atoms. The summed E-state index contributed by atoms with van der Waals surface area (Å²) in [6, 6.07) is 20.9. The first-order valence-corrected chi connectivity index (χ1v) is 9.64. The minimum absolute atomic E-state index is 0.161. The second-order valence-electron chi connectivity index (χ2n) is 6.50. The van der Waals surface area contributed by atoms with Crippen molar-refractivity contribution in [3.63, 3.8) is 0 Å². The monoisotopic (exact) mass is 379 g/mol. The molecule has 0 aliphatic carbocycles. The van der Waals surface area contributed by atoms with Crippen LogP contribution in [0.2, 0.25) is 0 Å². The van der Waals surface area contributed by atoms with Crippen LogP contribution in [0.1, 0.15) is 30.5 Å². The van der Waals surface area contributed by atoms with Crippen LogP contribution in [-0.4, -0.2) is 6.61 Å². The lowest BCUT2D eigenvalue weighted by atomic mass is 10.1. The van der Waals surface area contributed by atoms with Gasteiger partial charge in [0, 0.05) is 17.8 Å². The lowest BCUT2D eigenvalue weighted by Crippen LogP contribution is -2.04. The molecule has 0 unspecified atom stereocenters. The van der Waals surface area contributed by atoms with Crippen molar-refractivity contribution in [3.8, 4) is 11.5 Å². The Morgan fingerprint density at radius 1 is 0.821 bits per heavy atom. The van der Waals surface area contributed by atoms with Crippen LogP contribution in [0.3, 0.4) is 0 Å². The number of nitrogens with one attached hydrogen (secondary N) is 1. The van der Waals surface area contributed by atoms with Crippen LogP contribution in [0.4, 0.5) is 10.1 Å². The summed E-state index contributed by atoms with van der Waals surface area (Å²) >= 11 is 0. The Balaban J connectivity index is 1.66. The molecule has 3 nitrogen and oxygen atoms in total. The maximum absolute atomic E-state index is 13.8. The summed E-state index contributed by atoms with van der Waals surface area (Å²) in [7, 11) is 0. The summed E-state index contributed by atoms with van der Waals surface area (Å²) in [5.41, 5.74) is 4.00. The van der Waals surface area contributed by atoms with E-state index in [2.05, 4.69) is 36.5 Å². The average molecular weight is 379 g/mol. The predicted molar refractivity (Wildman–Crippen MR) is 111 cm³/mol.